The molecule has 1 atom stereocenters. The number of hydrogen-bond acceptors (Lipinski definition) is 0. The number of allylic oxidation sites excluding steroid dienone is 2. The summed E-state index contributed by atoms with van der Waals surface area (Å²) in [4.78, 5) is 0. The molecule has 0 radical (unpaired) electrons. The van der Waals surface area contributed by atoms with Gasteiger partial charge in [0.1, 0.15) is 0 Å². The van der Waals surface area contributed by atoms with Crippen LogP contribution in [-0.2, 0) is 0 Å². The predicted molar refractivity (Wildman–Crippen MR) is 41.8 cm³/mol. The Bertz CT molecular complexity index is 179. The minimum atomic E-state index is -3.99. The average molecular weight is 178 g/mol. The highest BCUT2D eigenvalue weighted by molar-refractivity contribution is 5.06. The smallest absolute Gasteiger partial charge is 0.171 e. The molecule has 1 rings (SSSR count). The van der Waals surface area contributed by atoms with Gasteiger partial charge in [-0.3, -0.25) is 0 Å². The second-order valence-electron chi connectivity index (χ2n) is 3.23. The van der Waals surface area contributed by atoms with Gasteiger partial charge in [-0.1, -0.05) is 18.6 Å². The fourth-order valence-electron chi connectivity index (χ4n) is 1.51. The maximum Gasteiger partial charge on any atom is 0.392 e. The van der Waals surface area contributed by atoms with Crippen LogP contribution in [0.4, 0.5) is 13.2 Å². The molecule has 0 spiro atoms. The van der Waals surface area contributed by atoms with E-state index in [-0.39, 0.29) is 12.8 Å². The Kier molecular flexibility index (Phi) is 2.80. The first kappa shape index (κ1) is 9.62. The van der Waals surface area contributed by atoms with Gasteiger partial charge in [0.25, 0.3) is 0 Å². The second-order valence-corrected chi connectivity index (χ2v) is 3.23. The van der Waals surface area contributed by atoms with E-state index in [0.29, 0.717) is 6.42 Å². The quantitative estimate of drug-likeness (QED) is 0.537. The van der Waals surface area contributed by atoms with Gasteiger partial charge in [0.15, 0.2) is 0 Å². The molecule has 0 aromatic carbocycles. The molecule has 0 aliphatic heterocycles. The molecule has 1 aliphatic carbocycles. The van der Waals surface area contributed by atoms with Gasteiger partial charge in [-0.2, -0.15) is 13.2 Å². The molecular weight excluding hydrogens is 165 g/mol. The van der Waals surface area contributed by atoms with Gasteiger partial charge in [-0.05, 0) is 25.7 Å². The maximum atomic E-state index is 12.1. The minimum absolute atomic E-state index is 0.187. The van der Waals surface area contributed by atoms with Crippen LogP contribution in [0.2, 0.25) is 0 Å². The Labute approximate surface area is 70.5 Å². The second kappa shape index (κ2) is 3.50. The molecule has 1 aliphatic rings. The highest BCUT2D eigenvalue weighted by atomic mass is 19.4. The van der Waals surface area contributed by atoms with Crippen LogP contribution in [0.15, 0.2) is 11.6 Å². The van der Waals surface area contributed by atoms with Crippen molar-refractivity contribution in [2.45, 2.75) is 38.8 Å². The third-order valence-corrected chi connectivity index (χ3v) is 2.42. The highest BCUT2D eigenvalue weighted by Crippen LogP contribution is 2.37. The van der Waals surface area contributed by atoms with E-state index in [1.54, 1.807) is 6.08 Å². The lowest BCUT2D eigenvalue weighted by Crippen LogP contribution is -2.24. The van der Waals surface area contributed by atoms with Crippen LogP contribution >= 0.6 is 0 Å². The summed E-state index contributed by atoms with van der Waals surface area (Å²) in [5.74, 6) is -1.09. The number of alkyl halides is 3. The summed E-state index contributed by atoms with van der Waals surface area (Å²) in [6.07, 6.45) is -0.251. The van der Waals surface area contributed by atoms with E-state index in [9.17, 15) is 13.2 Å². The zero-order valence-electron chi connectivity index (χ0n) is 7.12. The first-order valence-corrected chi connectivity index (χ1v) is 4.28. The molecule has 0 heterocycles. The van der Waals surface area contributed by atoms with Crippen molar-refractivity contribution in [2.24, 2.45) is 5.92 Å². The SMILES string of the molecule is CCC1=CCC(C(F)(F)F)CC1. The number of hydrogen-bond donors (Lipinski definition) is 0. The fraction of sp³-hybridized carbons (Fsp3) is 0.778. The molecule has 1 unspecified atom stereocenters. The van der Waals surface area contributed by atoms with Crippen molar-refractivity contribution in [1.29, 1.82) is 0 Å². The molecule has 0 nitrogen and oxygen atoms in total. The summed E-state index contributed by atoms with van der Waals surface area (Å²) in [5.41, 5.74) is 1.18. The molecule has 0 aromatic rings. The van der Waals surface area contributed by atoms with E-state index >= 15 is 0 Å². The van der Waals surface area contributed by atoms with Crippen molar-refractivity contribution in [1.82, 2.24) is 0 Å². The van der Waals surface area contributed by atoms with Crippen LogP contribution in [0.25, 0.3) is 0 Å². The van der Waals surface area contributed by atoms with E-state index in [4.69, 9.17) is 0 Å². The summed E-state index contributed by atoms with van der Waals surface area (Å²) < 4.78 is 36.4. The molecule has 0 N–H and O–H groups in total. The van der Waals surface area contributed by atoms with Gasteiger partial charge >= 0.3 is 6.18 Å². The van der Waals surface area contributed by atoms with Crippen molar-refractivity contribution in [3.63, 3.8) is 0 Å². The van der Waals surface area contributed by atoms with E-state index < -0.39 is 12.1 Å². The van der Waals surface area contributed by atoms with E-state index in [0.717, 1.165) is 6.42 Å². The van der Waals surface area contributed by atoms with Gasteiger partial charge in [-0.25, -0.2) is 0 Å². The molecule has 12 heavy (non-hydrogen) atoms. The Morgan fingerprint density at radius 2 is 2.17 bits per heavy atom. The van der Waals surface area contributed by atoms with Gasteiger partial charge in [0.2, 0.25) is 0 Å². The summed E-state index contributed by atoms with van der Waals surface area (Å²) in [7, 11) is 0. The number of halogens is 3. The van der Waals surface area contributed by atoms with Crippen LogP contribution in [0, 0.1) is 5.92 Å². The summed E-state index contributed by atoms with van der Waals surface area (Å²) >= 11 is 0. The van der Waals surface area contributed by atoms with Crippen molar-refractivity contribution in [3.8, 4) is 0 Å². The summed E-state index contributed by atoms with van der Waals surface area (Å²) in [5, 5.41) is 0. The number of rotatable bonds is 1. The Morgan fingerprint density at radius 1 is 1.50 bits per heavy atom. The van der Waals surface area contributed by atoms with Gasteiger partial charge in [0.05, 0.1) is 5.92 Å². The van der Waals surface area contributed by atoms with Crippen LogP contribution < -0.4 is 0 Å². The molecule has 0 saturated carbocycles. The first-order valence-electron chi connectivity index (χ1n) is 4.28. The largest absolute Gasteiger partial charge is 0.392 e. The zero-order valence-corrected chi connectivity index (χ0v) is 7.12. The lowest BCUT2D eigenvalue weighted by atomic mass is 9.88. The third-order valence-electron chi connectivity index (χ3n) is 2.42. The molecule has 0 amide bonds. The monoisotopic (exact) mass is 178 g/mol. The summed E-state index contributed by atoms with van der Waals surface area (Å²) in [6, 6.07) is 0. The molecule has 70 valence electrons. The maximum absolute atomic E-state index is 12.1. The van der Waals surface area contributed by atoms with E-state index in [1.807, 2.05) is 6.92 Å². The predicted octanol–water partition coefficient (Wildman–Crippen LogP) is 3.69. The third kappa shape index (κ3) is 2.26. The van der Waals surface area contributed by atoms with Crippen LogP contribution in [0.1, 0.15) is 32.6 Å². The Morgan fingerprint density at radius 3 is 2.50 bits per heavy atom. The fourth-order valence-corrected chi connectivity index (χ4v) is 1.51. The first-order chi connectivity index (χ1) is 5.54. The molecule has 0 saturated heterocycles. The van der Waals surface area contributed by atoms with Crippen molar-refractivity contribution in [3.05, 3.63) is 11.6 Å². The minimum Gasteiger partial charge on any atom is -0.171 e. The van der Waals surface area contributed by atoms with Gasteiger partial charge in [0, 0.05) is 0 Å². The van der Waals surface area contributed by atoms with Crippen LogP contribution in [0.5, 0.6) is 0 Å². The Balaban J connectivity index is 2.52. The molecule has 0 aromatic heterocycles. The summed E-state index contributed by atoms with van der Waals surface area (Å²) in [6.45, 7) is 1.99. The molecule has 0 bridgehead atoms. The van der Waals surface area contributed by atoms with E-state index in [2.05, 4.69) is 0 Å². The lowest BCUT2D eigenvalue weighted by Gasteiger charge is -2.23. The van der Waals surface area contributed by atoms with Crippen LogP contribution in [-0.4, -0.2) is 6.18 Å². The van der Waals surface area contributed by atoms with Crippen LogP contribution in [0.3, 0.4) is 0 Å². The molecule has 3 heteroatoms. The van der Waals surface area contributed by atoms with Gasteiger partial charge < -0.3 is 0 Å². The molecule has 0 fully saturated rings. The van der Waals surface area contributed by atoms with Crippen molar-refractivity contribution in [2.75, 3.05) is 0 Å². The topological polar surface area (TPSA) is 0 Å². The Hall–Kier alpha value is -0.470. The van der Waals surface area contributed by atoms with E-state index in [1.165, 1.54) is 5.57 Å². The van der Waals surface area contributed by atoms with Crippen molar-refractivity contribution < 1.29 is 13.2 Å². The van der Waals surface area contributed by atoms with Gasteiger partial charge in [-0.15, -0.1) is 0 Å². The zero-order chi connectivity index (χ0) is 9.19. The highest BCUT2D eigenvalue weighted by Gasteiger charge is 2.39. The normalized spacial score (nSPS) is 25.3. The average Bonchev–Trinajstić information content (AvgIpc) is 2.03. The standard InChI is InChI=1S/C9H13F3/c1-2-7-3-5-8(6-4-7)9(10,11)12/h3,8H,2,4-6H2,1H3. The molecular formula is C9H13F3. The van der Waals surface area contributed by atoms with Crippen molar-refractivity contribution >= 4 is 0 Å². The lowest BCUT2D eigenvalue weighted by molar-refractivity contribution is -0.176.